The van der Waals surface area contributed by atoms with Crippen molar-refractivity contribution >= 4 is 61.3 Å². The monoisotopic (exact) mass is 615 g/mol. The van der Waals surface area contributed by atoms with Crippen LogP contribution in [0.25, 0.3) is 21.9 Å². The minimum atomic E-state index is -4.82. The Morgan fingerprint density at radius 1 is 1.23 bits per heavy atom. The van der Waals surface area contributed by atoms with Gasteiger partial charge in [-0.2, -0.15) is 13.2 Å². The van der Waals surface area contributed by atoms with Crippen LogP contribution in [0.2, 0.25) is 0 Å². The van der Waals surface area contributed by atoms with E-state index in [0.717, 1.165) is 12.4 Å². The standard InChI is InChI=1S/C26H18BrF4N7O2/c27-18-5-2-6-19(35-18)36-25(40)17-7-12-3-1-4-16(12)38(17)20(39)10-37-22-14(21-23(32)33-11-34-24(21)37)8-13(9-15(22)28)26(29,30)31/h2,5-6,8-9,11-12,16-17H,4,7,10H2,(H2,32,33,34)(H,35,36,40)/t12-,16-,17+/m1/s1. The minimum Gasteiger partial charge on any atom is -0.383 e. The summed E-state index contributed by atoms with van der Waals surface area (Å²) in [6, 6.07) is 4.81. The molecule has 0 unspecified atom stereocenters. The topological polar surface area (TPSA) is 119 Å². The van der Waals surface area contributed by atoms with Crippen molar-refractivity contribution in [3.63, 3.8) is 0 Å². The Morgan fingerprint density at radius 3 is 2.77 bits per heavy atom. The molecule has 14 heteroatoms. The Bertz CT molecular complexity index is 1780. The fraction of sp³-hybridized carbons (Fsp3) is 0.269. The number of halogens is 5. The first kappa shape index (κ1) is 26.0. The number of rotatable bonds is 4. The number of pyridine rings is 1. The second-order valence-electron chi connectivity index (χ2n) is 9.48. The third-order valence-electron chi connectivity index (χ3n) is 7.13. The van der Waals surface area contributed by atoms with Gasteiger partial charge in [0.25, 0.3) is 0 Å². The maximum atomic E-state index is 15.3. The molecule has 3 N–H and O–H groups in total. The Kier molecular flexibility index (Phi) is 6.14. The third kappa shape index (κ3) is 4.30. The molecule has 0 radical (unpaired) electrons. The lowest BCUT2D eigenvalue weighted by Crippen LogP contribution is -2.48. The summed E-state index contributed by atoms with van der Waals surface area (Å²) in [5.41, 5.74) is 4.47. The fourth-order valence-corrected chi connectivity index (χ4v) is 5.81. The van der Waals surface area contributed by atoms with Crippen LogP contribution >= 0.6 is 15.9 Å². The predicted molar refractivity (Wildman–Crippen MR) is 140 cm³/mol. The van der Waals surface area contributed by atoms with Crippen LogP contribution in [0.15, 0.2) is 41.3 Å². The van der Waals surface area contributed by atoms with Gasteiger partial charge in [-0.05, 0) is 46.6 Å². The van der Waals surface area contributed by atoms with Gasteiger partial charge < -0.3 is 20.5 Å². The van der Waals surface area contributed by atoms with Gasteiger partial charge in [0.05, 0.1) is 22.5 Å². The van der Waals surface area contributed by atoms with Gasteiger partial charge in [0.15, 0.2) is 0 Å². The largest absolute Gasteiger partial charge is 0.416 e. The molecule has 1 aliphatic carbocycles. The summed E-state index contributed by atoms with van der Waals surface area (Å²) in [5, 5.41) is 2.54. The Hall–Kier alpha value is -4.25. The first-order valence-corrected chi connectivity index (χ1v) is 12.8. The smallest absolute Gasteiger partial charge is 0.383 e. The molecule has 3 aromatic heterocycles. The van der Waals surface area contributed by atoms with E-state index in [9.17, 15) is 22.8 Å². The molecule has 1 aliphatic heterocycles. The van der Waals surface area contributed by atoms with Crippen LogP contribution in [0.5, 0.6) is 0 Å². The Morgan fingerprint density at radius 2 is 2.02 bits per heavy atom. The number of nitrogens with one attached hydrogen (secondary N) is 1. The average molecular weight is 616 g/mol. The molecule has 204 valence electrons. The number of aromatic nitrogens is 4. The summed E-state index contributed by atoms with van der Waals surface area (Å²) < 4.78 is 57.4. The van der Waals surface area contributed by atoms with Crippen molar-refractivity contribution in [2.75, 3.05) is 11.1 Å². The number of nitrogen functional groups attached to an aromatic ring is 1. The molecule has 4 heterocycles. The highest BCUT2D eigenvalue weighted by molar-refractivity contribution is 9.10. The SMILES string of the molecule is Nc1ncnc2c1c1cc(C(F)(F)F)cc(F)c1n2CC(=O)N1[C@@H]2CC#C[C@@H]2C[C@H]1C(=O)Nc1cccc(Br)n1. The zero-order chi connectivity index (χ0) is 28.3. The molecule has 2 amide bonds. The van der Waals surface area contributed by atoms with Crippen LogP contribution < -0.4 is 11.1 Å². The summed E-state index contributed by atoms with van der Waals surface area (Å²) in [6.45, 7) is -0.513. The van der Waals surface area contributed by atoms with Crippen molar-refractivity contribution in [2.45, 2.75) is 37.6 Å². The van der Waals surface area contributed by atoms with E-state index in [2.05, 4.69) is 48.0 Å². The van der Waals surface area contributed by atoms with Gasteiger partial charge in [-0.15, -0.1) is 5.92 Å². The number of benzene rings is 1. The van der Waals surface area contributed by atoms with Gasteiger partial charge in [-0.1, -0.05) is 12.0 Å². The van der Waals surface area contributed by atoms with Crippen LogP contribution in [-0.2, 0) is 22.3 Å². The summed E-state index contributed by atoms with van der Waals surface area (Å²) in [7, 11) is 0. The maximum Gasteiger partial charge on any atom is 0.416 e. The summed E-state index contributed by atoms with van der Waals surface area (Å²) in [6.07, 6.45) is -3.10. The quantitative estimate of drug-likeness (QED) is 0.203. The normalized spacial score (nSPS) is 20.0. The van der Waals surface area contributed by atoms with Crippen LogP contribution in [-0.4, -0.2) is 48.3 Å². The zero-order valence-corrected chi connectivity index (χ0v) is 21.9. The van der Waals surface area contributed by atoms with Gasteiger partial charge in [0, 0.05) is 17.7 Å². The molecule has 0 bridgehead atoms. The highest BCUT2D eigenvalue weighted by atomic mass is 79.9. The van der Waals surface area contributed by atoms with Gasteiger partial charge in [-0.25, -0.2) is 19.3 Å². The van der Waals surface area contributed by atoms with Crippen LogP contribution in [0.3, 0.4) is 0 Å². The lowest BCUT2D eigenvalue weighted by molar-refractivity contribution is -0.139. The number of carbonyl (C=O) groups is 2. The second kappa shape index (κ2) is 9.44. The van der Waals surface area contributed by atoms with E-state index in [0.29, 0.717) is 17.1 Å². The first-order chi connectivity index (χ1) is 19.0. The fourth-order valence-electron chi connectivity index (χ4n) is 5.46. The van der Waals surface area contributed by atoms with E-state index in [1.807, 2.05) is 0 Å². The number of fused-ring (bicyclic) bond motifs is 4. The van der Waals surface area contributed by atoms with Crippen molar-refractivity contribution < 1.29 is 27.2 Å². The number of amides is 2. The first-order valence-electron chi connectivity index (χ1n) is 12.0. The van der Waals surface area contributed by atoms with Crippen molar-refractivity contribution in [3.8, 4) is 11.8 Å². The van der Waals surface area contributed by atoms with E-state index in [-0.39, 0.29) is 45.9 Å². The number of carbonyl (C=O) groups excluding carboxylic acids is 2. The number of nitrogens with zero attached hydrogens (tertiary/aromatic N) is 5. The van der Waals surface area contributed by atoms with Crippen LogP contribution in [0.1, 0.15) is 18.4 Å². The molecule has 1 fully saturated rings. The molecule has 40 heavy (non-hydrogen) atoms. The highest BCUT2D eigenvalue weighted by Gasteiger charge is 2.47. The highest BCUT2D eigenvalue weighted by Crippen LogP contribution is 2.39. The summed E-state index contributed by atoms with van der Waals surface area (Å²) in [5.74, 6) is 3.69. The van der Waals surface area contributed by atoms with Crippen molar-refractivity contribution in [1.82, 2.24) is 24.4 Å². The van der Waals surface area contributed by atoms with Crippen LogP contribution in [0.4, 0.5) is 29.2 Å². The van der Waals surface area contributed by atoms with Gasteiger partial charge in [0.1, 0.15) is 46.6 Å². The second-order valence-corrected chi connectivity index (χ2v) is 10.3. The number of nitrogens with two attached hydrogens (primary N) is 1. The molecule has 6 rings (SSSR count). The molecule has 1 saturated heterocycles. The molecule has 2 aliphatic rings. The molecule has 9 nitrogen and oxygen atoms in total. The van der Waals surface area contributed by atoms with Gasteiger partial charge >= 0.3 is 6.18 Å². The van der Waals surface area contributed by atoms with E-state index >= 15 is 4.39 Å². The molecule has 0 spiro atoms. The molecule has 4 aromatic rings. The Balaban J connectivity index is 1.40. The van der Waals surface area contributed by atoms with Crippen molar-refractivity contribution in [2.24, 2.45) is 5.92 Å². The lowest BCUT2D eigenvalue weighted by Gasteiger charge is -2.29. The zero-order valence-electron chi connectivity index (χ0n) is 20.3. The minimum absolute atomic E-state index is 0.00572. The Labute approximate surface area is 231 Å². The van der Waals surface area contributed by atoms with Gasteiger partial charge in [0.2, 0.25) is 11.8 Å². The number of anilines is 2. The predicted octanol–water partition coefficient (Wildman–Crippen LogP) is 4.11. The summed E-state index contributed by atoms with van der Waals surface area (Å²) in [4.78, 5) is 40.7. The molecular weight excluding hydrogens is 598 g/mol. The van der Waals surface area contributed by atoms with Crippen molar-refractivity contribution in [3.05, 3.63) is 52.6 Å². The average Bonchev–Trinajstić information content (AvgIpc) is 3.56. The van der Waals surface area contributed by atoms with E-state index in [1.54, 1.807) is 18.2 Å². The van der Waals surface area contributed by atoms with E-state index < -0.39 is 48.0 Å². The number of alkyl halides is 3. The number of hydrogen-bond donors (Lipinski definition) is 2. The molecule has 3 atom stereocenters. The number of likely N-dealkylation sites (tertiary alicyclic amines) is 1. The number of hydrogen-bond acceptors (Lipinski definition) is 6. The lowest BCUT2D eigenvalue weighted by atomic mass is 10.0. The van der Waals surface area contributed by atoms with Crippen molar-refractivity contribution in [1.29, 1.82) is 0 Å². The third-order valence-corrected chi connectivity index (χ3v) is 7.57. The van der Waals surface area contributed by atoms with E-state index in [4.69, 9.17) is 5.73 Å². The molecule has 1 aromatic carbocycles. The van der Waals surface area contributed by atoms with E-state index in [1.165, 1.54) is 9.47 Å². The molecule has 0 saturated carbocycles. The van der Waals surface area contributed by atoms with Crippen LogP contribution in [0, 0.1) is 23.6 Å². The molecular formula is C26H18BrF4N7O2. The van der Waals surface area contributed by atoms with Gasteiger partial charge in [-0.3, -0.25) is 9.59 Å². The maximum absolute atomic E-state index is 15.3. The summed E-state index contributed by atoms with van der Waals surface area (Å²) >= 11 is 3.25.